The van der Waals surface area contributed by atoms with Gasteiger partial charge in [0.1, 0.15) is 6.67 Å². The Hall–Kier alpha value is -1.00. The first-order chi connectivity index (χ1) is 4.86. The van der Waals surface area contributed by atoms with Crippen LogP contribution in [0.1, 0.15) is 12.7 Å². The molecular formula is C5H9FN4. The minimum absolute atomic E-state index is 0.201. The van der Waals surface area contributed by atoms with Crippen molar-refractivity contribution in [2.24, 2.45) is 0 Å². The van der Waals surface area contributed by atoms with Gasteiger partial charge in [0, 0.05) is 6.42 Å². The van der Waals surface area contributed by atoms with Gasteiger partial charge in [-0.05, 0) is 5.21 Å². The zero-order chi connectivity index (χ0) is 7.40. The van der Waals surface area contributed by atoms with E-state index < -0.39 is 6.67 Å². The molecule has 4 nitrogen and oxygen atoms in total. The maximum Gasteiger partial charge on any atom is 0.174 e. The molecule has 0 spiro atoms. The van der Waals surface area contributed by atoms with E-state index in [0.29, 0.717) is 5.82 Å². The van der Waals surface area contributed by atoms with Gasteiger partial charge in [-0.15, -0.1) is 10.2 Å². The third-order valence-electron chi connectivity index (χ3n) is 1.10. The van der Waals surface area contributed by atoms with Crippen LogP contribution in [0.2, 0.25) is 0 Å². The molecule has 0 aliphatic carbocycles. The Morgan fingerprint density at radius 3 is 2.90 bits per heavy atom. The van der Waals surface area contributed by atoms with E-state index in [2.05, 4.69) is 15.4 Å². The van der Waals surface area contributed by atoms with Gasteiger partial charge in [0.2, 0.25) is 0 Å². The Morgan fingerprint density at radius 1 is 1.60 bits per heavy atom. The van der Waals surface area contributed by atoms with Gasteiger partial charge in [-0.1, -0.05) is 6.92 Å². The second-order valence-electron chi connectivity index (χ2n) is 1.84. The average Bonchev–Trinajstić information content (AvgIpc) is 2.37. The number of aromatic nitrogens is 4. The minimum Gasteiger partial charge on any atom is -0.249 e. The highest BCUT2D eigenvalue weighted by Crippen LogP contribution is 1.86. The summed E-state index contributed by atoms with van der Waals surface area (Å²) >= 11 is 0. The molecule has 0 fully saturated rings. The molecule has 0 amide bonds. The van der Waals surface area contributed by atoms with E-state index in [1.54, 1.807) is 0 Å². The predicted octanol–water partition coefficient (Wildman–Crippen LogP) is 0.205. The van der Waals surface area contributed by atoms with Gasteiger partial charge >= 0.3 is 0 Å². The van der Waals surface area contributed by atoms with Crippen LogP contribution in [0.3, 0.4) is 0 Å². The normalized spacial score (nSPS) is 10.2. The SMILES string of the molecule is CCc1nnn(CCF)n1. The molecule has 0 saturated heterocycles. The molecule has 1 heterocycles. The molecule has 10 heavy (non-hydrogen) atoms. The molecule has 1 aromatic heterocycles. The summed E-state index contributed by atoms with van der Waals surface area (Å²) in [6.07, 6.45) is 0.742. The van der Waals surface area contributed by atoms with Gasteiger partial charge in [0.15, 0.2) is 5.82 Å². The zero-order valence-corrected chi connectivity index (χ0v) is 5.79. The molecule has 56 valence electrons. The van der Waals surface area contributed by atoms with Crippen molar-refractivity contribution in [3.8, 4) is 0 Å². The summed E-state index contributed by atoms with van der Waals surface area (Å²) in [6, 6.07) is 0. The molecule has 0 aliphatic rings. The van der Waals surface area contributed by atoms with Crippen LogP contribution in [-0.2, 0) is 13.0 Å². The van der Waals surface area contributed by atoms with E-state index in [4.69, 9.17) is 0 Å². The van der Waals surface area contributed by atoms with Crippen molar-refractivity contribution >= 4 is 0 Å². The van der Waals surface area contributed by atoms with Crippen LogP contribution in [0.25, 0.3) is 0 Å². The van der Waals surface area contributed by atoms with E-state index in [1.165, 1.54) is 4.80 Å². The molecule has 0 saturated carbocycles. The van der Waals surface area contributed by atoms with Crippen molar-refractivity contribution < 1.29 is 4.39 Å². The number of hydrogen-bond donors (Lipinski definition) is 0. The van der Waals surface area contributed by atoms with Gasteiger partial charge in [-0.25, -0.2) is 4.39 Å². The first kappa shape index (κ1) is 7.11. The van der Waals surface area contributed by atoms with E-state index in [9.17, 15) is 4.39 Å². The molecule has 0 bridgehead atoms. The lowest BCUT2D eigenvalue weighted by molar-refractivity contribution is 0.397. The van der Waals surface area contributed by atoms with E-state index in [-0.39, 0.29) is 6.54 Å². The second kappa shape index (κ2) is 3.24. The van der Waals surface area contributed by atoms with Crippen LogP contribution in [-0.4, -0.2) is 26.9 Å². The van der Waals surface area contributed by atoms with E-state index in [1.807, 2.05) is 6.92 Å². The molecule has 0 aromatic carbocycles. The highest BCUT2D eigenvalue weighted by molar-refractivity contribution is 4.73. The summed E-state index contributed by atoms with van der Waals surface area (Å²) < 4.78 is 11.7. The van der Waals surface area contributed by atoms with E-state index in [0.717, 1.165) is 6.42 Å². The van der Waals surface area contributed by atoms with Crippen LogP contribution in [0.5, 0.6) is 0 Å². The number of aryl methyl sites for hydroxylation is 2. The van der Waals surface area contributed by atoms with Gasteiger partial charge in [-0.3, -0.25) is 0 Å². The summed E-state index contributed by atoms with van der Waals surface area (Å²) in [6.45, 7) is 1.68. The van der Waals surface area contributed by atoms with Gasteiger partial charge in [0.25, 0.3) is 0 Å². The monoisotopic (exact) mass is 144 g/mol. The highest BCUT2D eigenvalue weighted by atomic mass is 19.1. The average molecular weight is 144 g/mol. The number of alkyl halides is 1. The quantitative estimate of drug-likeness (QED) is 0.608. The Kier molecular flexibility index (Phi) is 2.30. The third kappa shape index (κ3) is 1.49. The first-order valence-electron chi connectivity index (χ1n) is 3.19. The lowest BCUT2D eigenvalue weighted by atomic mass is 10.5. The summed E-state index contributed by atoms with van der Waals surface area (Å²) in [7, 11) is 0. The van der Waals surface area contributed by atoms with Crippen molar-refractivity contribution in [2.45, 2.75) is 19.9 Å². The fourth-order valence-corrected chi connectivity index (χ4v) is 0.588. The Balaban J connectivity index is 2.59. The Morgan fingerprint density at radius 2 is 2.40 bits per heavy atom. The number of tetrazole rings is 1. The van der Waals surface area contributed by atoms with Crippen LogP contribution in [0.15, 0.2) is 0 Å². The molecule has 0 aliphatic heterocycles. The molecular weight excluding hydrogens is 135 g/mol. The Labute approximate surface area is 58.0 Å². The Bertz CT molecular complexity index is 197. The fourth-order valence-electron chi connectivity index (χ4n) is 0.588. The van der Waals surface area contributed by atoms with Gasteiger partial charge in [0.05, 0.1) is 6.54 Å². The first-order valence-corrected chi connectivity index (χ1v) is 3.19. The third-order valence-corrected chi connectivity index (χ3v) is 1.10. The number of rotatable bonds is 3. The van der Waals surface area contributed by atoms with Crippen molar-refractivity contribution in [3.05, 3.63) is 5.82 Å². The molecule has 0 unspecified atom stereocenters. The van der Waals surface area contributed by atoms with Crippen molar-refractivity contribution in [3.63, 3.8) is 0 Å². The molecule has 0 atom stereocenters. The van der Waals surface area contributed by atoms with Crippen LogP contribution in [0, 0.1) is 0 Å². The van der Waals surface area contributed by atoms with Crippen molar-refractivity contribution in [2.75, 3.05) is 6.67 Å². The summed E-state index contributed by atoms with van der Waals surface area (Å²) in [5.74, 6) is 0.661. The van der Waals surface area contributed by atoms with Gasteiger partial charge in [-0.2, -0.15) is 4.80 Å². The maximum atomic E-state index is 11.7. The standard InChI is InChI=1S/C5H9FN4/c1-2-5-7-9-10(8-5)4-3-6/h2-4H2,1H3. The summed E-state index contributed by atoms with van der Waals surface area (Å²) in [5.41, 5.74) is 0. The minimum atomic E-state index is -0.445. The maximum absolute atomic E-state index is 11.7. The number of hydrogen-bond acceptors (Lipinski definition) is 3. The second-order valence-corrected chi connectivity index (χ2v) is 1.84. The van der Waals surface area contributed by atoms with Gasteiger partial charge < -0.3 is 0 Å². The summed E-state index contributed by atoms with van der Waals surface area (Å²) in [4.78, 5) is 1.26. The van der Waals surface area contributed by atoms with Crippen LogP contribution >= 0.6 is 0 Å². The van der Waals surface area contributed by atoms with Crippen molar-refractivity contribution in [1.29, 1.82) is 0 Å². The molecule has 5 heteroatoms. The van der Waals surface area contributed by atoms with Crippen LogP contribution in [0.4, 0.5) is 4.39 Å². The fraction of sp³-hybridized carbons (Fsp3) is 0.800. The highest BCUT2D eigenvalue weighted by Gasteiger charge is 1.97. The molecule has 0 N–H and O–H groups in total. The largest absolute Gasteiger partial charge is 0.249 e. The molecule has 0 radical (unpaired) electrons. The lowest BCUT2D eigenvalue weighted by Crippen LogP contribution is -2.03. The number of halogens is 1. The van der Waals surface area contributed by atoms with E-state index >= 15 is 0 Å². The van der Waals surface area contributed by atoms with Crippen LogP contribution < -0.4 is 0 Å². The lowest BCUT2D eigenvalue weighted by Gasteiger charge is -1.88. The zero-order valence-electron chi connectivity index (χ0n) is 5.79. The predicted molar refractivity (Wildman–Crippen MR) is 33.2 cm³/mol. The molecule has 1 rings (SSSR count). The summed E-state index contributed by atoms with van der Waals surface area (Å²) in [5, 5.41) is 11.2. The number of nitrogens with zero attached hydrogens (tertiary/aromatic N) is 4. The smallest absolute Gasteiger partial charge is 0.174 e. The molecule has 1 aromatic rings. The topological polar surface area (TPSA) is 43.6 Å². The van der Waals surface area contributed by atoms with Crippen molar-refractivity contribution in [1.82, 2.24) is 20.2 Å².